The SMILES string of the molecule is CNC(=O)CCNC(=O)C(CCCCNC(C)=O)NC(=O)C(CCCCNC(=O)CNC(=O)CNC(=O)CNC(=O)CCCCC(N)=O)NC(=O)CNC(=O)CNC(=O)CNC(=O)CCCCC(N)=O. The van der Waals surface area contributed by atoms with E-state index in [9.17, 15) is 67.1 Å². The summed E-state index contributed by atoms with van der Waals surface area (Å²) in [7, 11) is 1.43. The number of rotatable bonds is 39. The van der Waals surface area contributed by atoms with Crippen LogP contribution in [-0.2, 0) is 67.1 Å². The first-order chi connectivity index (χ1) is 33.2. The van der Waals surface area contributed by atoms with Crippen molar-refractivity contribution < 1.29 is 67.1 Å². The second-order valence-corrected chi connectivity index (χ2v) is 15.7. The highest BCUT2D eigenvalue weighted by molar-refractivity contribution is 5.94. The van der Waals surface area contributed by atoms with E-state index in [0.29, 0.717) is 45.1 Å². The molecular weight excluding hydrogens is 925 g/mol. The molecule has 0 aliphatic carbocycles. The maximum Gasteiger partial charge on any atom is 0.243 e. The summed E-state index contributed by atoms with van der Waals surface area (Å²) in [6.45, 7) is -1.23. The van der Waals surface area contributed by atoms with Crippen LogP contribution in [0.15, 0.2) is 0 Å². The summed E-state index contributed by atoms with van der Waals surface area (Å²) >= 11 is 0. The zero-order valence-electron chi connectivity index (χ0n) is 40.0. The highest BCUT2D eigenvalue weighted by Gasteiger charge is 2.27. The molecule has 0 saturated heterocycles. The maximum absolute atomic E-state index is 13.7. The molecule has 0 fully saturated rings. The van der Waals surface area contributed by atoms with Crippen LogP contribution in [0.1, 0.15) is 103 Å². The number of carbonyl (C=O) groups excluding carboxylic acids is 14. The van der Waals surface area contributed by atoms with Gasteiger partial charge >= 0.3 is 0 Å². The van der Waals surface area contributed by atoms with Crippen LogP contribution in [0.2, 0.25) is 0 Å². The van der Waals surface area contributed by atoms with E-state index < -0.39 is 122 Å². The predicted molar refractivity (Wildman–Crippen MR) is 248 cm³/mol. The van der Waals surface area contributed by atoms with Gasteiger partial charge in [-0.1, -0.05) is 0 Å². The number of hydrogen-bond donors (Lipinski definition) is 14. The predicted octanol–water partition coefficient (Wildman–Crippen LogP) is -6.41. The quantitative estimate of drug-likeness (QED) is 0.0255. The molecule has 394 valence electrons. The summed E-state index contributed by atoms with van der Waals surface area (Å²) in [6, 6.07) is -2.39. The van der Waals surface area contributed by atoms with Crippen molar-refractivity contribution in [2.24, 2.45) is 11.5 Å². The maximum atomic E-state index is 13.7. The van der Waals surface area contributed by atoms with Gasteiger partial charge < -0.3 is 75.3 Å². The smallest absolute Gasteiger partial charge is 0.243 e. The van der Waals surface area contributed by atoms with Crippen molar-refractivity contribution in [2.45, 2.75) is 115 Å². The molecule has 0 radical (unpaired) electrons. The molecule has 0 spiro atoms. The minimum atomic E-state index is -1.27. The molecule has 28 heteroatoms. The summed E-state index contributed by atoms with van der Waals surface area (Å²) in [5.41, 5.74) is 10.1. The van der Waals surface area contributed by atoms with E-state index in [1.807, 2.05) is 0 Å². The topological polar surface area (TPSA) is 435 Å². The van der Waals surface area contributed by atoms with Crippen molar-refractivity contribution in [3.8, 4) is 0 Å². The molecule has 70 heavy (non-hydrogen) atoms. The van der Waals surface area contributed by atoms with Gasteiger partial charge in [0.25, 0.3) is 0 Å². The monoisotopic (exact) mass is 997 g/mol. The van der Waals surface area contributed by atoms with Crippen LogP contribution in [0.5, 0.6) is 0 Å². The van der Waals surface area contributed by atoms with E-state index in [4.69, 9.17) is 11.5 Å². The summed E-state index contributed by atoms with van der Waals surface area (Å²) in [6.07, 6.45) is 3.42. The van der Waals surface area contributed by atoms with Crippen molar-refractivity contribution in [2.75, 3.05) is 66.0 Å². The van der Waals surface area contributed by atoms with Crippen LogP contribution in [-0.4, -0.2) is 161 Å². The number of primary amides is 2. The second-order valence-electron chi connectivity index (χ2n) is 15.7. The summed E-state index contributed by atoms with van der Waals surface area (Å²) < 4.78 is 0. The first kappa shape index (κ1) is 62.6. The van der Waals surface area contributed by atoms with Crippen LogP contribution in [0.4, 0.5) is 0 Å². The fraction of sp³-hybridized carbons (Fsp3) is 0.667. The number of nitrogens with two attached hydrogens (primary N) is 2. The molecule has 0 aromatic carbocycles. The Morgan fingerprint density at radius 2 is 0.714 bits per heavy atom. The van der Waals surface area contributed by atoms with Crippen molar-refractivity contribution >= 4 is 82.7 Å². The summed E-state index contributed by atoms with van der Waals surface area (Å²) in [5, 5.41) is 29.4. The molecule has 14 amide bonds. The van der Waals surface area contributed by atoms with Crippen LogP contribution in [0.25, 0.3) is 0 Å². The van der Waals surface area contributed by atoms with E-state index in [1.165, 1.54) is 14.0 Å². The average molecular weight is 997 g/mol. The molecule has 2 unspecified atom stereocenters. The third-order valence-electron chi connectivity index (χ3n) is 9.58. The molecule has 2 atom stereocenters. The lowest BCUT2D eigenvalue weighted by Crippen LogP contribution is -2.55. The largest absolute Gasteiger partial charge is 0.370 e. The molecule has 0 heterocycles. The minimum Gasteiger partial charge on any atom is -0.370 e. The lowest BCUT2D eigenvalue weighted by molar-refractivity contribution is -0.132. The van der Waals surface area contributed by atoms with Gasteiger partial charge in [-0.05, 0) is 64.2 Å². The number of hydrogen-bond acceptors (Lipinski definition) is 14. The molecular formula is C42H72N14O14. The zero-order valence-corrected chi connectivity index (χ0v) is 40.0. The Labute approximate surface area is 405 Å². The van der Waals surface area contributed by atoms with Gasteiger partial charge in [0.05, 0.1) is 39.3 Å². The van der Waals surface area contributed by atoms with Crippen LogP contribution >= 0.6 is 0 Å². The fourth-order valence-electron chi connectivity index (χ4n) is 5.77. The Bertz CT molecular complexity index is 1800. The standard InChI is InChI=1S/C42H72N14O14/c1-27(57)46-18-9-7-11-28(41(69)48-20-17-32(60)45-2)56-42(70)29(55-40(68)26-54-39(67)25-53-37(65)23-50-34(62)16-6-4-14-31(44)59)12-8-10-19-47-35(63)21-51-38(66)24-52-36(64)22-49-33(61)15-5-3-13-30(43)58/h28-29H,3-26H2,1-2H3,(H2,43,58)(H2,44,59)(H,45,60)(H,46,57)(H,47,63)(H,48,69)(H,49,61)(H,50,62)(H,51,66)(H,52,64)(H,53,65)(H,54,67)(H,55,68)(H,56,70). The Morgan fingerprint density at radius 1 is 0.343 bits per heavy atom. The van der Waals surface area contributed by atoms with Gasteiger partial charge in [0, 0.05) is 65.7 Å². The lowest BCUT2D eigenvalue weighted by atomic mass is 10.1. The number of nitrogens with one attached hydrogen (secondary N) is 12. The van der Waals surface area contributed by atoms with Gasteiger partial charge in [0.15, 0.2) is 0 Å². The summed E-state index contributed by atoms with van der Waals surface area (Å²) in [4.78, 5) is 169. The fourth-order valence-corrected chi connectivity index (χ4v) is 5.77. The Kier molecular flexibility index (Phi) is 34.5. The molecule has 0 aliphatic rings. The third-order valence-corrected chi connectivity index (χ3v) is 9.58. The van der Waals surface area contributed by atoms with Gasteiger partial charge in [-0.15, -0.1) is 0 Å². The highest BCUT2D eigenvalue weighted by atomic mass is 16.2. The molecule has 28 nitrogen and oxygen atoms in total. The molecule has 16 N–H and O–H groups in total. The van der Waals surface area contributed by atoms with Crippen LogP contribution < -0.4 is 75.3 Å². The number of carbonyl (C=O) groups is 14. The van der Waals surface area contributed by atoms with Gasteiger partial charge in [-0.2, -0.15) is 0 Å². The highest BCUT2D eigenvalue weighted by Crippen LogP contribution is 2.06. The van der Waals surface area contributed by atoms with E-state index in [2.05, 4.69) is 63.8 Å². The van der Waals surface area contributed by atoms with Crippen molar-refractivity contribution in [3.63, 3.8) is 0 Å². The zero-order chi connectivity index (χ0) is 52.7. The van der Waals surface area contributed by atoms with E-state index >= 15 is 0 Å². The van der Waals surface area contributed by atoms with Gasteiger partial charge in [-0.3, -0.25) is 67.1 Å². The summed E-state index contributed by atoms with van der Waals surface area (Å²) in [5.74, 6) is -8.02. The van der Waals surface area contributed by atoms with E-state index in [1.54, 1.807) is 0 Å². The number of unbranched alkanes of at least 4 members (excludes halogenated alkanes) is 4. The number of amides is 14. The second kappa shape index (κ2) is 38.5. The first-order valence-electron chi connectivity index (χ1n) is 23.0. The van der Waals surface area contributed by atoms with Crippen molar-refractivity contribution in [1.29, 1.82) is 0 Å². The van der Waals surface area contributed by atoms with Crippen LogP contribution in [0, 0.1) is 0 Å². The van der Waals surface area contributed by atoms with Crippen molar-refractivity contribution in [3.05, 3.63) is 0 Å². The Balaban J connectivity index is 5.33. The van der Waals surface area contributed by atoms with Gasteiger partial charge in [-0.25, -0.2) is 0 Å². The van der Waals surface area contributed by atoms with E-state index in [-0.39, 0.29) is 82.7 Å². The van der Waals surface area contributed by atoms with Crippen molar-refractivity contribution in [1.82, 2.24) is 63.8 Å². The lowest BCUT2D eigenvalue weighted by Gasteiger charge is -2.23. The molecule has 0 aromatic rings. The molecule has 0 saturated carbocycles. The first-order valence-corrected chi connectivity index (χ1v) is 23.0. The van der Waals surface area contributed by atoms with Gasteiger partial charge in [0.1, 0.15) is 12.1 Å². The molecule has 0 bridgehead atoms. The Morgan fingerprint density at radius 3 is 1.13 bits per heavy atom. The Hall–Kier alpha value is -7.42. The third kappa shape index (κ3) is 36.7. The van der Waals surface area contributed by atoms with E-state index in [0.717, 1.165) is 0 Å². The average Bonchev–Trinajstić information content (AvgIpc) is 3.31. The molecule has 0 aliphatic heterocycles. The minimum absolute atomic E-state index is 0.0198. The normalized spacial score (nSPS) is 11.2. The molecule has 0 aromatic heterocycles. The molecule has 0 rings (SSSR count). The van der Waals surface area contributed by atoms with Crippen LogP contribution in [0.3, 0.4) is 0 Å². The van der Waals surface area contributed by atoms with Gasteiger partial charge in [0.2, 0.25) is 82.7 Å².